The summed E-state index contributed by atoms with van der Waals surface area (Å²) < 4.78 is 27.4. The van der Waals surface area contributed by atoms with Crippen LogP contribution >= 0.6 is 0 Å². The van der Waals surface area contributed by atoms with Crippen LogP contribution in [0.5, 0.6) is 0 Å². The van der Waals surface area contributed by atoms with Crippen molar-refractivity contribution in [3.8, 4) is 0 Å². The van der Waals surface area contributed by atoms with Crippen LogP contribution in [0.15, 0.2) is 65.6 Å². The zero-order valence-electron chi connectivity index (χ0n) is 12.1. The lowest BCUT2D eigenvalue weighted by Gasteiger charge is -2.29. The summed E-state index contributed by atoms with van der Waals surface area (Å²) in [6.07, 6.45) is 0.0818. The number of carboxylic acid groups (broad SMARTS) is 1. The van der Waals surface area contributed by atoms with Crippen molar-refractivity contribution in [2.45, 2.75) is 23.8 Å². The first-order chi connectivity index (χ1) is 10.4. The van der Waals surface area contributed by atoms with E-state index in [4.69, 9.17) is 0 Å². The molecule has 1 atom stereocenters. The molecule has 2 N–H and O–H groups in total. The highest BCUT2D eigenvalue weighted by molar-refractivity contribution is 7.89. The van der Waals surface area contributed by atoms with Gasteiger partial charge in [-0.1, -0.05) is 55.5 Å². The maximum absolute atomic E-state index is 12.5. The van der Waals surface area contributed by atoms with Crippen LogP contribution in [0.1, 0.15) is 18.9 Å². The van der Waals surface area contributed by atoms with E-state index in [9.17, 15) is 18.3 Å². The molecule has 2 aromatic rings. The van der Waals surface area contributed by atoms with E-state index >= 15 is 0 Å². The number of nitrogens with one attached hydrogen (secondary N) is 1. The standard InChI is InChI=1S/C16H17NO4S/c1-2-16(15(18)19,13-9-5-3-6-10-13)17-22(20,21)14-11-7-4-8-12-14/h3-12,17H,2H2,1H3,(H,18,19)/t16-/m0/s1. The summed E-state index contributed by atoms with van der Waals surface area (Å²) in [6, 6.07) is 16.0. The average Bonchev–Trinajstić information content (AvgIpc) is 2.54. The van der Waals surface area contributed by atoms with E-state index in [0.717, 1.165) is 0 Å². The summed E-state index contributed by atoms with van der Waals surface area (Å²) in [4.78, 5) is 11.9. The fourth-order valence-corrected chi connectivity index (χ4v) is 3.71. The van der Waals surface area contributed by atoms with Crippen LogP contribution in [0.25, 0.3) is 0 Å². The van der Waals surface area contributed by atoms with Crippen molar-refractivity contribution < 1.29 is 18.3 Å². The molecule has 22 heavy (non-hydrogen) atoms. The first kappa shape index (κ1) is 16.2. The predicted molar refractivity (Wildman–Crippen MR) is 82.8 cm³/mol. The second kappa shape index (κ2) is 6.29. The number of hydrogen-bond donors (Lipinski definition) is 2. The highest BCUT2D eigenvalue weighted by atomic mass is 32.2. The van der Waals surface area contributed by atoms with Gasteiger partial charge in [-0.15, -0.1) is 0 Å². The Kier molecular flexibility index (Phi) is 4.63. The molecule has 0 aliphatic heterocycles. The fourth-order valence-electron chi connectivity index (χ4n) is 2.26. The Morgan fingerprint density at radius 1 is 1.05 bits per heavy atom. The minimum atomic E-state index is -3.95. The van der Waals surface area contributed by atoms with E-state index in [-0.39, 0.29) is 11.3 Å². The molecule has 2 rings (SSSR count). The number of sulfonamides is 1. The van der Waals surface area contributed by atoms with Gasteiger partial charge in [0, 0.05) is 0 Å². The van der Waals surface area contributed by atoms with E-state index in [1.165, 1.54) is 12.1 Å². The predicted octanol–water partition coefficient (Wildman–Crippen LogP) is 2.36. The van der Waals surface area contributed by atoms with Gasteiger partial charge < -0.3 is 5.11 Å². The molecule has 0 amide bonds. The van der Waals surface area contributed by atoms with Gasteiger partial charge in [0.05, 0.1) is 4.90 Å². The third-order valence-electron chi connectivity index (χ3n) is 3.52. The van der Waals surface area contributed by atoms with Crippen LogP contribution in [-0.4, -0.2) is 19.5 Å². The minimum absolute atomic E-state index is 0.0324. The van der Waals surface area contributed by atoms with Gasteiger partial charge in [-0.2, -0.15) is 4.72 Å². The Bertz CT molecular complexity index is 744. The summed E-state index contributed by atoms with van der Waals surface area (Å²) in [6.45, 7) is 1.63. The van der Waals surface area contributed by atoms with Gasteiger partial charge >= 0.3 is 5.97 Å². The molecule has 0 aliphatic carbocycles. The zero-order chi connectivity index (χ0) is 16.2. The van der Waals surface area contributed by atoms with Gasteiger partial charge in [0.2, 0.25) is 10.0 Å². The number of aliphatic carboxylic acids is 1. The topological polar surface area (TPSA) is 83.5 Å². The van der Waals surface area contributed by atoms with Crippen LogP contribution in [0.3, 0.4) is 0 Å². The summed E-state index contributed by atoms with van der Waals surface area (Å²) in [5.74, 6) is -1.24. The van der Waals surface area contributed by atoms with Crippen molar-refractivity contribution in [1.82, 2.24) is 4.72 Å². The quantitative estimate of drug-likeness (QED) is 0.856. The molecule has 6 heteroatoms. The van der Waals surface area contributed by atoms with E-state index < -0.39 is 21.5 Å². The fraction of sp³-hybridized carbons (Fsp3) is 0.188. The molecule has 0 bridgehead atoms. The molecule has 0 saturated heterocycles. The SMILES string of the molecule is CC[C@@](NS(=O)(=O)c1ccccc1)(C(=O)O)c1ccccc1. The highest BCUT2D eigenvalue weighted by Gasteiger charge is 2.42. The minimum Gasteiger partial charge on any atom is -0.480 e. The lowest BCUT2D eigenvalue weighted by atomic mass is 9.88. The lowest BCUT2D eigenvalue weighted by Crippen LogP contribution is -2.51. The average molecular weight is 319 g/mol. The molecule has 0 aliphatic rings. The van der Waals surface area contributed by atoms with Gasteiger partial charge in [-0.05, 0) is 24.1 Å². The van der Waals surface area contributed by atoms with Crippen molar-refractivity contribution in [3.05, 3.63) is 66.2 Å². The van der Waals surface area contributed by atoms with Crippen LogP contribution in [-0.2, 0) is 20.4 Å². The maximum atomic E-state index is 12.5. The van der Waals surface area contributed by atoms with Gasteiger partial charge in [0.25, 0.3) is 0 Å². The second-order valence-electron chi connectivity index (χ2n) is 4.85. The Labute approximate surface area is 129 Å². The van der Waals surface area contributed by atoms with E-state index in [1.54, 1.807) is 55.5 Å². The largest absolute Gasteiger partial charge is 0.480 e. The molecule has 0 fully saturated rings. The van der Waals surface area contributed by atoms with Crippen LogP contribution in [0, 0.1) is 0 Å². The summed E-state index contributed by atoms with van der Waals surface area (Å²) in [5, 5.41) is 9.66. The smallest absolute Gasteiger partial charge is 0.329 e. The van der Waals surface area contributed by atoms with Gasteiger partial charge in [0.15, 0.2) is 5.54 Å². The molecular formula is C16H17NO4S. The summed E-state index contributed by atoms with van der Waals surface area (Å²) in [7, 11) is -3.95. The molecule has 2 aromatic carbocycles. The summed E-state index contributed by atoms with van der Waals surface area (Å²) in [5.41, 5.74) is -1.31. The van der Waals surface area contributed by atoms with E-state index in [0.29, 0.717) is 5.56 Å². The lowest BCUT2D eigenvalue weighted by molar-refractivity contribution is -0.144. The van der Waals surface area contributed by atoms with Crippen LogP contribution in [0.4, 0.5) is 0 Å². The Morgan fingerprint density at radius 2 is 1.55 bits per heavy atom. The van der Waals surface area contributed by atoms with E-state index in [2.05, 4.69) is 4.72 Å². The molecular weight excluding hydrogens is 302 g/mol. The molecule has 116 valence electrons. The molecule has 5 nitrogen and oxygen atoms in total. The molecule has 0 heterocycles. The van der Waals surface area contributed by atoms with Crippen molar-refractivity contribution in [3.63, 3.8) is 0 Å². The van der Waals surface area contributed by atoms with Crippen molar-refractivity contribution in [2.75, 3.05) is 0 Å². The van der Waals surface area contributed by atoms with Gasteiger partial charge in [-0.3, -0.25) is 0 Å². The van der Waals surface area contributed by atoms with Crippen LogP contribution < -0.4 is 4.72 Å². The number of benzene rings is 2. The second-order valence-corrected chi connectivity index (χ2v) is 6.53. The Morgan fingerprint density at radius 3 is 2.00 bits per heavy atom. The van der Waals surface area contributed by atoms with Crippen molar-refractivity contribution in [2.24, 2.45) is 0 Å². The van der Waals surface area contributed by atoms with Crippen LogP contribution in [0.2, 0.25) is 0 Å². The number of rotatable bonds is 6. The first-order valence-electron chi connectivity index (χ1n) is 6.80. The number of hydrogen-bond acceptors (Lipinski definition) is 3. The molecule has 0 spiro atoms. The maximum Gasteiger partial charge on any atom is 0.329 e. The Balaban J connectivity index is 2.51. The normalized spacial score (nSPS) is 14.2. The summed E-state index contributed by atoms with van der Waals surface area (Å²) >= 11 is 0. The third-order valence-corrected chi connectivity index (χ3v) is 5.03. The zero-order valence-corrected chi connectivity index (χ0v) is 12.9. The van der Waals surface area contributed by atoms with Crippen molar-refractivity contribution in [1.29, 1.82) is 0 Å². The van der Waals surface area contributed by atoms with E-state index in [1.807, 2.05) is 0 Å². The monoisotopic (exact) mass is 319 g/mol. The van der Waals surface area contributed by atoms with Crippen molar-refractivity contribution >= 4 is 16.0 Å². The molecule has 0 saturated carbocycles. The molecule has 0 radical (unpaired) electrons. The van der Waals surface area contributed by atoms with Gasteiger partial charge in [0.1, 0.15) is 0 Å². The first-order valence-corrected chi connectivity index (χ1v) is 8.28. The molecule has 0 aromatic heterocycles. The van der Waals surface area contributed by atoms with Gasteiger partial charge in [-0.25, -0.2) is 13.2 Å². The highest BCUT2D eigenvalue weighted by Crippen LogP contribution is 2.28. The number of carboxylic acids is 1. The third kappa shape index (κ3) is 3.03. The number of carbonyl (C=O) groups is 1. The Hall–Kier alpha value is -2.18. The molecule has 0 unspecified atom stereocenters.